The molecule has 0 bridgehead atoms. The maximum absolute atomic E-state index is 11.2. The number of carbonyl (C=O) groups is 1. The second kappa shape index (κ2) is 6.64. The topological polar surface area (TPSA) is 40.5 Å². The van der Waals surface area contributed by atoms with E-state index in [-0.39, 0.29) is 0 Å². The minimum atomic E-state index is 0.689. The molecule has 1 aromatic carbocycles. The Kier molecular flexibility index (Phi) is 5.11. The van der Waals surface area contributed by atoms with Crippen LogP contribution >= 0.6 is 11.8 Å². The van der Waals surface area contributed by atoms with E-state index in [2.05, 4.69) is 17.2 Å². The van der Waals surface area contributed by atoms with Crippen LogP contribution in [-0.2, 0) is 0 Å². The predicted molar refractivity (Wildman–Crippen MR) is 84.9 cm³/mol. The first-order valence-electron chi connectivity index (χ1n) is 7.09. The lowest BCUT2D eigenvalue weighted by Gasteiger charge is -2.34. The number of hydrogen-bond acceptors (Lipinski definition) is 4. The third-order valence-corrected chi connectivity index (χ3v) is 5.21. The lowest BCUT2D eigenvalue weighted by Crippen LogP contribution is -2.35. The Morgan fingerprint density at radius 1 is 1.20 bits per heavy atom. The maximum Gasteiger partial charge on any atom is 0.152 e. The summed E-state index contributed by atoms with van der Waals surface area (Å²) in [5, 5.41) is 7.00. The molecule has 0 atom stereocenters. The van der Waals surface area contributed by atoms with Crippen molar-refractivity contribution in [1.82, 2.24) is 0 Å². The van der Waals surface area contributed by atoms with Gasteiger partial charge in [-0.2, -0.15) is 0 Å². The molecule has 110 valence electrons. The summed E-state index contributed by atoms with van der Waals surface area (Å²) in [4.78, 5) is 14.8. The molecule has 1 saturated heterocycles. The van der Waals surface area contributed by atoms with Gasteiger partial charge in [-0.15, -0.1) is 11.8 Å². The van der Waals surface area contributed by atoms with Crippen molar-refractivity contribution in [3.8, 4) is 0 Å². The van der Waals surface area contributed by atoms with Crippen molar-refractivity contribution in [3.63, 3.8) is 0 Å². The van der Waals surface area contributed by atoms with Crippen molar-refractivity contribution >= 4 is 23.7 Å². The summed E-state index contributed by atoms with van der Waals surface area (Å²) in [6, 6.07) is 6.15. The molecular formula is C16H23NO2S. The van der Waals surface area contributed by atoms with Gasteiger partial charge in [-0.05, 0) is 55.6 Å². The summed E-state index contributed by atoms with van der Waals surface area (Å²) in [6.07, 6.45) is 8.51. The molecule has 1 N–H and O–H groups in total. The molecule has 1 heterocycles. The summed E-state index contributed by atoms with van der Waals surface area (Å²) in [6.45, 7) is 2.22. The second-order valence-corrected chi connectivity index (χ2v) is 6.41. The molecule has 4 heteroatoms. The van der Waals surface area contributed by atoms with Crippen LogP contribution in [0.3, 0.4) is 0 Å². The number of nitrogens with zero attached hydrogens (tertiary/aromatic N) is 1. The van der Waals surface area contributed by atoms with Crippen LogP contribution in [0.25, 0.3) is 0 Å². The molecule has 0 radical (unpaired) electrons. The highest BCUT2D eigenvalue weighted by atomic mass is 32.2. The average Bonchev–Trinajstić information content (AvgIpc) is 3.28. The number of aliphatic hydroxyl groups is 1. The molecule has 1 saturated carbocycles. The highest BCUT2D eigenvalue weighted by molar-refractivity contribution is 7.98. The van der Waals surface area contributed by atoms with E-state index in [4.69, 9.17) is 5.11 Å². The number of benzene rings is 1. The number of piperidine rings is 1. The van der Waals surface area contributed by atoms with E-state index in [0.717, 1.165) is 37.7 Å². The Balaban J connectivity index is 0.000000704. The second-order valence-electron chi connectivity index (χ2n) is 5.53. The van der Waals surface area contributed by atoms with Gasteiger partial charge in [0.2, 0.25) is 0 Å². The molecule has 1 aliphatic carbocycles. The molecule has 1 aliphatic heterocycles. The summed E-state index contributed by atoms with van der Waals surface area (Å²) in [5.74, 6) is 0. The van der Waals surface area contributed by atoms with Crippen LogP contribution in [0, 0.1) is 5.41 Å². The van der Waals surface area contributed by atoms with Crippen LogP contribution in [0.4, 0.5) is 5.69 Å². The first-order valence-corrected chi connectivity index (χ1v) is 8.32. The molecule has 0 amide bonds. The fraction of sp³-hybridized carbons (Fsp3) is 0.562. The van der Waals surface area contributed by atoms with Gasteiger partial charge in [-0.1, -0.05) is 0 Å². The minimum absolute atomic E-state index is 0.689. The third kappa shape index (κ3) is 3.18. The first kappa shape index (κ1) is 15.4. The zero-order chi connectivity index (χ0) is 14.6. The van der Waals surface area contributed by atoms with Crippen LogP contribution in [0.5, 0.6) is 0 Å². The Morgan fingerprint density at radius 3 is 2.35 bits per heavy atom. The predicted octanol–water partition coefficient (Wildman–Crippen LogP) is 3.21. The zero-order valence-corrected chi connectivity index (χ0v) is 13.1. The van der Waals surface area contributed by atoms with Crippen molar-refractivity contribution in [2.75, 3.05) is 31.4 Å². The van der Waals surface area contributed by atoms with Crippen LogP contribution in [0.1, 0.15) is 36.0 Å². The molecular weight excluding hydrogens is 270 g/mol. The van der Waals surface area contributed by atoms with Gasteiger partial charge in [0.25, 0.3) is 0 Å². The standard InChI is InChI=1S/C15H19NOS.CH4O/c1-18-13-3-2-12(11-17)14(10-13)16-8-6-15(4-5-15)7-9-16;1-2/h2-3,10-11H,4-9H2,1H3;2H,1H3. The summed E-state index contributed by atoms with van der Waals surface area (Å²) in [5.41, 5.74) is 2.65. The Bertz CT molecular complexity index is 462. The first-order chi connectivity index (χ1) is 9.76. The van der Waals surface area contributed by atoms with Gasteiger partial charge in [0.05, 0.1) is 0 Å². The van der Waals surface area contributed by atoms with Crippen LogP contribution in [0.2, 0.25) is 0 Å². The highest BCUT2D eigenvalue weighted by Gasteiger charge is 2.44. The van der Waals surface area contributed by atoms with Crippen molar-refractivity contribution < 1.29 is 9.90 Å². The Hall–Kier alpha value is -1.00. The highest BCUT2D eigenvalue weighted by Crippen LogP contribution is 2.54. The van der Waals surface area contributed by atoms with Crippen molar-refractivity contribution in [3.05, 3.63) is 23.8 Å². The van der Waals surface area contributed by atoms with E-state index < -0.39 is 0 Å². The van der Waals surface area contributed by atoms with Gasteiger partial charge in [-0.25, -0.2) is 0 Å². The number of carbonyl (C=O) groups excluding carboxylic acids is 1. The zero-order valence-electron chi connectivity index (χ0n) is 12.3. The van der Waals surface area contributed by atoms with Crippen molar-refractivity contribution in [1.29, 1.82) is 0 Å². The molecule has 1 aromatic rings. The lowest BCUT2D eigenvalue weighted by molar-refractivity contribution is 0.112. The van der Waals surface area contributed by atoms with E-state index in [0.29, 0.717) is 5.41 Å². The minimum Gasteiger partial charge on any atom is -0.400 e. The summed E-state index contributed by atoms with van der Waals surface area (Å²) in [7, 11) is 1.00. The van der Waals surface area contributed by atoms with Crippen molar-refractivity contribution in [2.24, 2.45) is 5.41 Å². The van der Waals surface area contributed by atoms with E-state index in [1.807, 2.05) is 12.1 Å². The van der Waals surface area contributed by atoms with Gasteiger partial charge in [-0.3, -0.25) is 4.79 Å². The van der Waals surface area contributed by atoms with Crippen LogP contribution < -0.4 is 4.90 Å². The fourth-order valence-corrected chi connectivity index (χ4v) is 3.36. The SMILES string of the molecule is CO.CSc1ccc(C=O)c(N2CCC3(CC2)CC3)c1. The number of aliphatic hydroxyl groups excluding tert-OH is 1. The van der Waals surface area contributed by atoms with Crippen LogP contribution in [0.15, 0.2) is 23.1 Å². The molecule has 0 unspecified atom stereocenters. The smallest absolute Gasteiger partial charge is 0.152 e. The quantitative estimate of drug-likeness (QED) is 0.686. The summed E-state index contributed by atoms with van der Waals surface area (Å²) >= 11 is 1.74. The molecule has 1 spiro atoms. The van der Waals surface area contributed by atoms with Gasteiger partial charge >= 0.3 is 0 Å². The van der Waals surface area contributed by atoms with Gasteiger partial charge in [0, 0.05) is 36.3 Å². The number of hydrogen-bond donors (Lipinski definition) is 1. The molecule has 2 aliphatic rings. The van der Waals surface area contributed by atoms with E-state index >= 15 is 0 Å². The third-order valence-electron chi connectivity index (χ3n) is 4.49. The molecule has 3 nitrogen and oxygen atoms in total. The Morgan fingerprint density at radius 2 is 1.85 bits per heavy atom. The average molecular weight is 293 g/mol. The molecule has 20 heavy (non-hydrogen) atoms. The maximum atomic E-state index is 11.2. The Labute approximate surface area is 125 Å². The van der Waals surface area contributed by atoms with E-state index in [1.54, 1.807) is 11.8 Å². The molecule has 0 aromatic heterocycles. The number of rotatable bonds is 3. The number of anilines is 1. The fourth-order valence-electron chi connectivity index (χ4n) is 2.92. The van der Waals surface area contributed by atoms with Crippen molar-refractivity contribution in [2.45, 2.75) is 30.6 Å². The summed E-state index contributed by atoms with van der Waals surface area (Å²) < 4.78 is 0. The van der Waals surface area contributed by atoms with Gasteiger partial charge in [0.1, 0.15) is 0 Å². The molecule has 3 rings (SSSR count). The van der Waals surface area contributed by atoms with E-state index in [1.165, 1.54) is 30.6 Å². The number of thioether (sulfide) groups is 1. The normalized spacial score (nSPS) is 19.2. The number of aldehydes is 1. The molecule has 2 fully saturated rings. The van der Waals surface area contributed by atoms with Gasteiger partial charge in [0.15, 0.2) is 6.29 Å². The monoisotopic (exact) mass is 293 g/mol. The lowest BCUT2D eigenvalue weighted by atomic mass is 9.93. The van der Waals surface area contributed by atoms with Crippen LogP contribution in [-0.4, -0.2) is 37.8 Å². The largest absolute Gasteiger partial charge is 0.400 e. The van der Waals surface area contributed by atoms with E-state index in [9.17, 15) is 4.79 Å². The van der Waals surface area contributed by atoms with Gasteiger partial charge < -0.3 is 10.0 Å².